The van der Waals surface area contributed by atoms with Crippen molar-refractivity contribution in [3.8, 4) is 5.75 Å². The fourth-order valence-electron chi connectivity index (χ4n) is 2.49. The van der Waals surface area contributed by atoms with Crippen molar-refractivity contribution in [1.82, 2.24) is 5.32 Å². The third-order valence-electron chi connectivity index (χ3n) is 3.67. The first-order valence-electron chi connectivity index (χ1n) is 7.16. The van der Waals surface area contributed by atoms with Crippen molar-refractivity contribution < 1.29 is 31.9 Å². The maximum atomic E-state index is 13.5. The molecule has 0 radical (unpaired) electrons. The highest BCUT2D eigenvalue weighted by atomic mass is 32.2. The minimum Gasteiger partial charge on any atom is -0.494 e. The lowest BCUT2D eigenvalue weighted by molar-refractivity contribution is -0.125. The lowest BCUT2D eigenvalue weighted by atomic mass is 10.0. The Bertz CT molecular complexity index is 763. The number of carbonyl (C=O) groups excluding carboxylic acids is 2. The maximum Gasteiger partial charge on any atom is 0.338 e. The minimum absolute atomic E-state index is 0.00862. The lowest BCUT2D eigenvalue weighted by Gasteiger charge is -2.23. The number of halogens is 1. The van der Waals surface area contributed by atoms with Gasteiger partial charge in [-0.05, 0) is 31.5 Å². The molecule has 7 nitrogen and oxygen atoms in total. The quantitative estimate of drug-likeness (QED) is 0.777. The van der Waals surface area contributed by atoms with Gasteiger partial charge in [0, 0.05) is 0 Å². The maximum absolute atomic E-state index is 13.5. The van der Waals surface area contributed by atoms with E-state index in [1.54, 1.807) is 6.92 Å². The fourth-order valence-corrected chi connectivity index (χ4v) is 4.58. The third-order valence-corrected chi connectivity index (χ3v) is 5.57. The molecule has 0 spiro atoms. The number of benzene rings is 1. The third kappa shape index (κ3) is 4.44. The summed E-state index contributed by atoms with van der Waals surface area (Å²) in [4.78, 5) is 23.7. The van der Waals surface area contributed by atoms with Crippen LogP contribution in [0.3, 0.4) is 0 Å². The molecule has 1 aromatic rings. The van der Waals surface area contributed by atoms with E-state index in [2.05, 4.69) is 5.32 Å². The van der Waals surface area contributed by atoms with Crippen LogP contribution in [0.5, 0.6) is 5.75 Å². The molecule has 0 aromatic heterocycles. The zero-order chi connectivity index (χ0) is 18.0. The number of ether oxygens (including phenoxy) is 2. The van der Waals surface area contributed by atoms with Crippen molar-refractivity contribution in [2.75, 3.05) is 25.2 Å². The van der Waals surface area contributed by atoms with Crippen molar-refractivity contribution in [3.05, 3.63) is 29.6 Å². The van der Waals surface area contributed by atoms with Crippen LogP contribution in [0.1, 0.15) is 23.7 Å². The van der Waals surface area contributed by atoms with E-state index in [-0.39, 0.29) is 22.8 Å². The molecular weight excluding hydrogens is 341 g/mol. The van der Waals surface area contributed by atoms with E-state index >= 15 is 0 Å². The molecule has 0 aliphatic carbocycles. The van der Waals surface area contributed by atoms with Crippen molar-refractivity contribution in [1.29, 1.82) is 0 Å². The zero-order valence-corrected chi connectivity index (χ0v) is 14.1. The number of sulfone groups is 1. The summed E-state index contributed by atoms with van der Waals surface area (Å²) in [5, 5.41) is 2.56. The van der Waals surface area contributed by atoms with Crippen LogP contribution in [0.4, 0.5) is 4.39 Å². The van der Waals surface area contributed by atoms with Crippen molar-refractivity contribution in [3.63, 3.8) is 0 Å². The summed E-state index contributed by atoms with van der Waals surface area (Å²) in [6.45, 7) is 1.04. The number of methoxy groups -OCH3 is 1. The van der Waals surface area contributed by atoms with Gasteiger partial charge in [-0.1, -0.05) is 0 Å². The first-order chi connectivity index (χ1) is 11.1. The van der Waals surface area contributed by atoms with Crippen molar-refractivity contribution in [2.24, 2.45) is 0 Å². The predicted molar refractivity (Wildman–Crippen MR) is 83.1 cm³/mol. The van der Waals surface area contributed by atoms with Crippen LogP contribution < -0.4 is 10.1 Å². The Morgan fingerprint density at radius 3 is 2.62 bits per heavy atom. The topological polar surface area (TPSA) is 98.8 Å². The Morgan fingerprint density at radius 1 is 1.38 bits per heavy atom. The Labute approximate surface area is 139 Å². The van der Waals surface area contributed by atoms with Crippen molar-refractivity contribution in [2.45, 2.75) is 18.9 Å². The smallest absolute Gasteiger partial charge is 0.338 e. The molecule has 1 atom stereocenters. The second-order valence-electron chi connectivity index (χ2n) is 5.88. The number of hydrogen-bond donors (Lipinski definition) is 1. The van der Waals surface area contributed by atoms with Crippen LogP contribution >= 0.6 is 0 Å². The number of nitrogens with one attached hydrogen (secondary N) is 1. The Morgan fingerprint density at radius 2 is 2.08 bits per heavy atom. The molecule has 1 saturated heterocycles. The number of amides is 1. The fraction of sp³-hybridized carbons (Fsp3) is 0.467. The molecule has 0 bridgehead atoms. The molecule has 1 aliphatic heterocycles. The Hall–Kier alpha value is -2.16. The van der Waals surface area contributed by atoms with E-state index < -0.39 is 39.7 Å². The molecule has 1 aliphatic rings. The normalized spacial score (nSPS) is 22.0. The molecule has 24 heavy (non-hydrogen) atoms. The summed E-state index contributed by atoms with van der Waals surface area (Å²) in [6, 6.07) is 3.54. The van der Waals surface area contributed by atoms with E-state index in [0.717, 1.165) is 6.07 Å². The van der Waals surface area contributed by atoms with Gasteiger partial charge < -0.3 is 14.8 Å². The largest absolute Gasteiger partial charge is 0.494 e. The average Bonchev–Trinajstić information content (AvgIpc) is 2.77. The van der Waals surface area contributed by atoms with Gasteiger partial charge >= 0.3 is 5.97 Å². The zero-order valence-electron chi connectivity index (χ0n) is 13.3. The summed E-state index contributed by atoms with van der Waals surface area (Å²) in [5.41, 5.74) is -0.926. The highest BCUT2D eigenvalue weighted by molar-refractivity contribution is 7.91. The monoisotopic (exact) mass is 359 g/mol. The van der Waals surface area contributed by atoms with E-state index in [1.165, 1.54) is 19.2 Å². The number of carbonyl (C=O) groups is 2. The highest BCUT2D eigenvalue weighted by Crippen LogP contribution is 2.22. The number of hydrogen-bond acceptors (Lipinski definition) is 6. The summed E-state index contributed by atoms with van der Waals surface area (Å²) >= 11 is 0. The Kier molecular flexibility index (Phi) is 5.12. The summed E-state index contributed by atoms with van der Waals surface area (Å²) in [6.07, 6.45) is 0.304. The van der Waals surface area contributed by atoms with Crippen LogP contribution in [0.25, 0.3) is 0 Å². The lowest BCUT2D eigenvalue weighted by Crippen LogP contribution is -2.48. The van der Waals surface area contributed by atoms with E-state index in [0.29, 0.717) is 6.42 Å². The van der Waals surface area contributed by atoms with Gasteiger partial charge in [-0.3, -0.25) is 4.79 Å². The van der Waals surface area contributed by atoms with E-state index in [4.69, 9.17) is 9.47 Å². The molecule has 0 unspecified atom stereocenters. The van der Waals surface area contributed by atoms with Crippen LogP contribution in [0.15, 0.2) is 18.2 Å². The molecule has 132 valence electrons. The predicted octanol–water partition coefficient (Wildman–Crippen LogP) is 0.684. The van der Waals surface area contributed by atoms with Gasteiger partial charge in [0.1, 0.15) is 0 Å². The van der Waals surface area contributed by atoms with Gasteiger partial charge in [0.2, 0.25) is 0 Å². The second-order valence-corrected chi connectivity index (χ2v) is 8.06. The molecular formula is C15H18FNO6S. The van der Waals surface area contributed by atoms with Gasteiger partial charge in [-0.2, -0.15) is 0 Å². The van der Waals surface area contributed by atoms with Gasteiger partial charge in [0.05, 0.1) is 29.7 Å². The number of esters is 1. The molecule has 9 heteroatoms. The molecule has 2 rings (SSSR count). The molecule has 1 N–H and O–H groups in total. The van der Waals surface area contributed by atoms with Gasteiger partial charge in [-0.15, -0.1) is 0 Å². The summed E-state index contributed by atoms with van der Waals surface area (Å²) in [7, 11) is -1.87. The molecule has 1 fully saturated rings. The first-order valence-corrected chi connectivity index (χ1v) is 8.98. The van der Waals surface area contributed by atoms with Crippen LogP contribution in [0.2, 0.25) is 0 Å². The summed E-state index contributed by atoms with van der Waals surface area (Å²) < 4.78 is 46.1. The van der Waals surface area contributed by atoms with Gasteiger partial charge in [0.25, 0.3) is 5.91 Å². The van der Waals surface area contributed by atoms with E-state index in [9.17, 15) is 22.4 Å². The molecule has 0 saturated carbocycles. The van der Waals surface area contributed by atoms with Crippen LogP contribution in [-0.2, 0) is 19.4 Å². The van der Waals surface area contributed by atoms with Crippen molar-refractivity contribution >= 4 is 21.7 Å². The Balaban J connectivity index is 1.90. The van der Waals surface area contributed by atoms with Crippen LogP contribution in [0, 0.1) is 5.82 Å². The van der Waals surface area contributed by atoms with E-state index in [1.807, 2.05) is 0 Å². The first kappa shape index (κ1) is 18.2. The molecule has 1 heterocycles. The minimum atomic E-state index is -3.16. The molecule has 1 aromatic carbocycles. The van der Waals surface area contributed by atoms with Crippen LogP contribution in [-0.4, -0.2) is 51.1 Å². The van der Waals surface area contributed by atoms with Gasteiger partial charge in [-0.25, -0.2) is 17.6 Å². The number of rotatable bonds is 5. The van der Waals surface area contributed by atoms with Gasteiger partial charge in [0.15, 0.2) is 28.0 Å². The molecule has 1 amide bonds. The average molecular weight is 359 g/mol. The standard InChI is InChI=1S/C15H18FNO6S/c1-15(5-6-24(20,21)9-15)17-13(18)8-23-14(19)10-3-4-12(22-2)11(16)7-10/h3-4,7H,5-6,8-9H2,1-2H3,(H,17,18)/t15-/m0/s1. The second kappa shape index (κ2) is 6.76. The SMILES string of the molecule is COc1ccc(C(=O)OCC(=O)N[C@@]2(C)CCS(=O)(=O)C2)cc1F. The highest BCUT2D eigenvalue weighted by Gasteiger charge is 2.39. The summed E-state index contributed by atoms with van der Waals surface area (Å²) in [5.74, 6) is -2.36.